The number of halogens is 2. The lowest BCUT2D eigenvalue weighted by Gasteiger charge is -2.21. The fraction of sp³-hybridized carbons (Fsp3) is 0.500. The number of benzene rings is 1. The molecule has 0 saturated heterocycles. The minimum absolute atomic E-state index is 0.106. The van der Waals surface area contributed by atoms with Crippen molar-refractivity contribution < 1.29 is 18.3 Å². The molecular formula is C14H17F2NO2S. The van der Waals surface area contributed by atoms with Gasteiger partial charge in [-0.1, -0.05) is 0 Å². The average molecular weight is 301 g/mol. The first-order valence-corrected chi connectivity index (χ1v) is 7.40. The van der Waals surface area contributed by atoms with Crippen molar-refractivity contribution in [3.63, 3.8) is 0 Å². The number of nitrogens with two attached hydrogens (primary N) is 1. The molecular weight excluding hydrogens is 284 g/mol. The molecule has 0 aliphatic heterocycles. The smallest absolute Gasteiger partial charge is 0.326 e. The Labute approximate surface area is 120 Å². The largest absolute Gasteiger partial charge is 0.465 e. The van der Waals surface area contributed by atoms with Crippen LogP contribution in [0.3, 0.4) is 0 Å². The summed E-state index contributed by atoms with van der Waals surface area (Å²) in [4.78, 5) is 12.4. The third kappa shape index (κ3) is 3.30. The molecule has 1 aromatic carbocycles. The van der Waals surface area contributed by atoms with Crippen LogP contribution in [-0.4, -0.2) is 23.4 Å². The second-order valence-electron chi connectivity index (χ2n) is 4.94. The summed E-state index contributed by atoms with van der Waals surface area (Å²) in [5.74, 6) is -2.11. The fourth-order valence-electron chi connectivity index (χ4n) is 2.33. The highest BCUT2D eigenvalue weighted by atomic mass is 32.2. The van der Waals surface area contributed by atoms with Gasteiger partial charge in [-0.05, 0) is 44.4 Å². The molecule has 20 heavy (non-hydrogen) atoms. The van der Waals surface area contributed by atoms with Crippen molar-refractivity contribution in [2.75, 3.05) is 6.61 Å². The van der Waals surface area contributed by atoms with E-state index in [1.54, 1.807) is 6.92 Å². The number of thioether (sulfide) groups is 1. The first kappa shape index (κ1) is 15.3. The van der Waals surface area contributed by atoms with Gasteiger partial charge in [-0.3, -0.25) is 4.79 Å². The van der Waals surface area contributed by atoms with Gasteiger partial charge in [0.25, 0.3) is 0 Å². The van der Waals surface area contributed by atoms with Gasteiger partial charge in [0.2, 0.25) is 0 Å². The molecule has 1 saturated carbocycles. The minimum Gasteiger partial charge on any atom is -0.465 e. The SMILES string of the molecule is CCOC(=O)C1(N)CCC(Sc2ccc(F)c(F)c2)C1. The van der Waals surface area contributed by atoms with Gasteiger partial charge in [-0.25, -0.2) is 8.78 Å². The highest BCUT2D eigenvalue weighted by Gasteiger charge is 2.43. The summed E-state index contributed by atoms with van der Waals surface area (Å²) in [5, 5.41) is 0.106. The average Bonchev–Trinajstić information content (AvgIpc) is 2.77. The van der Waals surface area contributed by atoms with Crippen LogP contribution in [0, 0.1) is 11.6 Å². The van der Waals surface area contributed by atoms with E-state index in [-0.39, 0.29) is 11.2 Å². The lowest BCUT2D eigenvalue weighted by atomic mass is 10.00. The summed E-state index contributed by atoms with van der Waals surface area (Å²) in [6, 6.07) is 3.80. The zero-order chi connectivity index (χ0) is 14.8. The van der Waals surface area contributed by atoms with Crippen LogP contribution in [-0.2, 0) is 9.53 Å². The van der Waals surface area contributed by atoms with E-state index < -0.39 is 17.2 Å². The Kier molecular flexibility index (Phi) is 4.65. The molecule has 0 heterocycles. The third-order valence-corrected chi connectivity index (χ3v) is 4.64. The molecule has 0 aromatic heterocycles. The number of carbonyl (C=O) groups is 1. The molecule has 110 valence electrons. The van der Waals surface area contributed by atoms with Gasteiger partial charge in [0.1, 0.15) is 5.54 Å². The maximum Gasteiger partial charge on any atom is 0.326 e. The predicted molar refractivity (Wildman–Crippen MR) is 73.4 cm³/mol. The molecule has 2 rings (SSSR count). The maximum atomic E-state index is 13.1. The summed E-state index contributed by atoms with van der Waals surface area (Å²) in [5.41, 5.74) is 5.11. The highest BCUT2D eigenvalue weighted by molar-refractivity contribution is 8.00. The van der Waals surface area contributed by atoms with Crippen LogP contribution in [0.25, 0.3) is 0 Å². The molecule has 1 aliphatic carbocycles. The lowest BCUT2D eigenvalue weighted by molar-refractivity contribution is -0.149. The number of hydrogen-bond donors (Lipinski definition) is 1. The van der Waals surface area contributed by atoms with Crippen LogP contribution in [0.5, 0.6) is 0 Å². The second-order valence-corrected chi connectivity index (χ2v) is 6.31. The normalized spacial score (nSPS) is 25.7. The van der Waals surface area contributed by atoms with E-state index in [2.05, 4.69) is 0 Å². The molecule has 1 aliphatic rings. The van der Waals surface area contributed by atoms with E-state index in [0.717, 1.165) is 12.5 Å². The molecule has 0 radical (unpaired) electrons. The number of esters is 1. The first-order chi connectivity index (χ1) is 9.44. The van der Waals surface area contributed by atoms with Gasteiger partial charge < -0.3 is 10.5 Å². The van der Waals surface area contributed by atoms with Crippen LogP contribution in [0.2, 0.25) is 0 Å². The molecule has 3 nitrogen and oxygen atoms in total. The Bertz CT molecular complexity index is 512. The van der Waals surface area contributed by atoms with Crippen molar-refractivity contribution in [3.05, 3.63) is 29.8 Å². The van der Waals surface area contributed by atoms with Gasteiger partial charge in [0.15, 0.2) is 11.6 Å². The van der Waals surface area contributed by atoms with Crippen molar-refractivity contribution in [2.45, 2.75) is 41.9 Å². The summed E-state index contributed by atoms with van der Waals surface area (Å²) >= 11 is 1.42. The Morgan fingerprint density at radius 3 is 2.90 bits per heavy atom. The molecule has 0 amide bonds. The second kappa shape index (κ2) is 6.10. The van der Waals surface area contributed by atoms with E-state index in [9.17, 15) is 13.6 Å². The topological polar surface area (TPSA) is 52.3 Å². The van der Waals surface area contributed by atoms with Crippen LogP contribution in [0.1, 0.15) is 26.2 Å². The maximum absolute atomic E-state index is 13.1. The van der Waals surface area contributed by atoms with Gasteiger partial charge in [-0.15, -0.1) is 11.8 Å². The van der Waals surface area contributed by atoms with Gasteiger partial charge in [-0.2, -0.15) is 0 Å². The molecule has 2 atom stereocenters. The standard InChI is InChI=1S/C14H17F2NO2S/c1-2-19-13(18)14(17)6-5-10(8-14)20-9-3-4-11(15)12(16)7-9/h3-4,7,10H,2,5-6,8,17H2,1H3. The van der Waals surface area contributed by atoms with Crippen molar-refractivity contribution in [2.24, 2.45) is 5.73 Å². The van der Waals surface area contributed by atoms with E-state index in [1.807, 2.05) is 0 Å². The van der Waals surface area contributed by atoms with E-state index >= 15 is 0 Å². The molecule has 2 unspecified atom stereocenters. The van der Waals surface area contributed by atoms with Crippen molar-refractivity contribution in [1.29, 1.82) is 0 Å². The number of hydrogen-bond acceptors (Lipinski definition) is 4. The molecule has 0 bridgehead atoms. The van der Waals surface area contributed by atoms with Gasteiger partial charge >= 0.3 is 5.97 Å². The number of ether oxygens (including phenoxy) is 1. The quantitative estimate of drug-likeness (QED) is 0.869. The first-order valence-electron chi connectivity index (χ1n) is 6.52. The van der Waals surface area contributed by atoms with Crippen LogP contribution in [0.4, 0.5) is 8.78 Å². The Balaban J connectivity index is 1.99. The summed E-state index contributed by atoms with van der Waals surface area (Å²) in [6.45, 7) is 2.04. The third-order valence-electron chi connectivity index (χ3n) is 3.38. The van der Waals surface area contributed by atoms with Crippen molar-refractivity contribution in [3.8, 4) is 0 Å². The number of carbonyl (C=O) groups excluding carboxylic acids is 1. The highest BCUT2D eigenvalue weighted by Crippen LogP contribution is 2.39. The molecule has 2 N–H and O–H groups in total. The molecule has 6 heteroatoms. The van der Waals surface area contributed by atoms with E-state index in [0.29, 0.717) is 24.3 Å². The Morgan fingerprint density at radius 1 is 1.50 bits per heavy atom. The summed E-state index contributed by atoms with van der Waals surface area (Å²) < 4.78 is 31.0. The van der Waals surface area contributed by atoms with Crippen LogP contribution in [0.15, 0.2) is 23.1 Å². The monoisotopic (exact) mass is 301 g/mol. The van der Waals surface area contributed by atoms with E-state index in [1.165, 1.54) is 23.9 Å². The van der Waals surface area contributed by atoms with Crippen molar-refractivity contribution >= 4 is 17.7 Å². The van der Waals surface area contributed by atoms with Crippen molar-refractivity contribution in [1.82, 2.24) is 0 Å². The number of rotatable bonds is 4. The minimum atomic E-state index is -0.952. The van der Waals surface area contributed by atoms with Gasteiger partial charge in [0.05, 0.1) is 6.61 Å². The fourth-order valence-corrected chi connectivity index (χ4v) is 3.65. The summed E-state index contributed by atoms with van der Waals surface area (Å²) in [6.07, 6.45) is 1.78. The van der Waals surface area contributed by atoms with E-state index in [4.69, 9.17) is 10.5 Å². The zero-order valence-corrected chi connectivity index (χ0v) is 12.0. The van der Waals surface area contributed by atoms with Crippen LogP contribution < -0.4 is 5.73 Å². The summed E-state index contributed by atoms with van der Waals surface area (Å²) in [7, 11) is 0. The molecule has 0 spiro atoms. The Morgan fingerprint density at radius 2 is 2.25 bits per heavy atom. The molecule has 1 aromatic rings. The lowest BCUT2D eigenvalue weighted by Crippen LogP contribution is -2.47. The predicted octanol–water partition coefficient (Wildman–Crippen LogP) is 2.87. The van der Waals surface area contributed by atoms with Crippen LogP contribution >= 0.6 is 11.8 Å². The van der Waals surface area contributed by atoms with Gasteiger partial charge in [0, 0.05) is 10.1 Å². The Hall–Kier alpha value is -1.14. The zero-order valence-electron chi connectivity index (χ0n) is 11.2. The molecule has 1 fully saturated rings.